The van der Waals surface area contributed by atoms with Crippen molar-refractivity contribution in [2.45, 2.75) is 64.4 Å². The average Bonchev–Trinajstić information content (AvgIpc) is 2.96. The number of methoxy groups -OCH3 is 1. The van der Waals surface area contributed by atoms with E-state index in [1.807, 2.05) is 58.0 Å². The van der Waals surface area contributed by atoms with Crippen molar-refractivity contribution < 1.29 is 22.7 Å². The van der Waals surface area contributed by atoms with Gasteiger partial charge < -0.3 is 15.0 Å². The second-order valence-corrected chi connectivity index (χ2v) is 11.9. The first-order chi connectivity index (χ1) is 19.6. The Hall–Kier alpha value is -3.85. The maximum absolute atomic E-state index is 14.2. The second kappa shape index (κ2) is 14.7. The second-order valence-electron chi connectivity index (χ2n) is 10.1. The van der Waals surface area contributed by atoms with E-state index >= 15 is 0 Å². The summed E-state index contributed by atoms with van der Waals surface area (Å²) in [5, 5.41) is 2.94. The molecular weight excluding hydrogens is 538 g/mol. The molecule has 3 aromatic carbocycles. The zero-order chi connectivity index (χ0) is 30.0. The highest BCUT2D eigenvalue weighted by Gasteiger charge is 2.34. The van der Waals surface area contributed by atoms with Gasteiger partial charge in [-0.15, -0.1) is 0 Å². The highest BCUT2D eigenvalue weighted by Crippen LogP contribution is 2.28. The van der Waals surface area contributed by atoms with E-state index in [0.29, 0.717) is 30.0 Å². The van der Waals surface area contributed by atoms with Crippen molar-refractivity contribution in [1.29, 1.82) is 0 Å². The lowest BCUT2D eigenvalue weighted by atomic mass is 10.1. The first-order valence-corrected chi connectivity index (χ1v) is 15.4. The summed E-state index contributed by atoms with van der Waals surface area (Å²) in [5.74, 6) is -0.121. The van der Waals surface area contributed by atoms with Gasteiger partial charge in [0.15, 0.2) is 0 Å². The van der Waals surface area contributed by atoms with Gasteiger partial charge in [0.05, 0.1) is 17.7 Å². The van der Waals surface area contributed by atoms with E-state index in [1.165, 1.54) is 4.90 Å². The lowest BCUT2D eigenvalue weighted by molar-refractivity contribution is -0.140. The molecule has 0 radical (unpaired) electrons. The van der Waals surface area contributed by atoms with Gasteiger partial charge in [-0.05, 0) is 68.1 Å². The van der Waals surface area contributed by atoms with Crippen molar-refractivity contribution in [3.05, 3.63) is 89.5 Å². The number of sulfonamides is 1. The van der Waals surface area contributed by atoms with Crippen molar-refractivity contribution >= 4 is 27.5 Å². The van der Waals surface area contributed by atoms with Crippen molar-refractivity contribution in [3.8, 4) is 5.75 Å². The van der Waals surface area contributed by atoms with E-state index in [9.17, 15) is 18.0 Å². The molecule has 0 saturated heterocycles. The summed E-state index contributed by atoms with van der Waals surface area (Å²) in [4.78, 5) is 29.0. The van der Waals surface area contributed by atoms with Crippen LogP contribution in [0.1, 0.15) is 49.8 Å². The van der Waals surface area contributed by atoms with Crippen LogP contribution in [0.4, 0.5) is 5.69 Å². The minimum Gasteiger partial charge on any atom is -0.497 e. The smallest absolute Gasteiger partial charge is 0.264 e. The van der Waals surface area contributed by atoms with Crippen molar-refractivity contribution in [1.82, 2.24) is 10.2 Å². The number of para-hydroxylation sites is 1. The Morgan fingerprint density at radius 3 is 2.29 bits per heavy atom. The molecule has 220 valence electrons. The molecule has 2 amide bonds. The first-order valence-electron chi connectivity index (χ1n) is 14.0. The third kappa shape index (κ3) is 8.10. The fourth-order valence-electron chi connectivity index (χ4n) is 4.59. The number of carbonyl (C=O) groups excluding carboxylic acids is 2. The van der Waals surface area contributed by atoms with Gasteiger partial charge in [0.1, 0.15) is 18.3 Å². The number of rotatable bonds is 14. The summed E-state index contributed by atoms with van der Waals surface area (Å²) in [6, 6.07) is 20.1. The van der Waals surface area contributed by atoms with Crippen LogP contribution < -0.4 is 14.4 Å². The Bertz CT molecular complexity index is 1420. The molecule has 0 aromatic heterocycles. The predicted molar refractivity (Wildman–Crippen MR) is 162 cm³/mol. The number of benzene rings is 3. The molecule has 0 spiro atoms. The van der Waals surface area contributed by atoms with Crippen molar-refractivity contribution in [3.63, 3.8) is 0 Å². The number of ether oxygens (including phenoxy) is 1. The van der Waals surface area contributed by atoms with Gasteiger partial charge in [-0.2, -0.15) is 0 Å². The number of nitrogens with one attached hydrogen (secondary N) is 1. The summed E-state index contributed by atoms with van der Waals surface area (Å²) in [6.45, 7) is 7.72. The Morgan fingerprint density at radius 1 is 0.951 bits per heavy atom. The number of amides is 2. The number of aryl methyl sites for hydroxylation is 2. The molecule has 3 rings (SSSR count). The van der Waals surface area contributed by atoms with E-state index in [4.69, 9.17) is 4.74 Å². The predicted octanol–water partition coefficient (Wildman–Crippen LogP) is 5.23. The molecule has 9 heteroatoms. The van der Waals surface area contributed by atoms with Gasteiger partial charge in [-0.3, -0.25) is 13.9 Å². The minimum absolute atomic E-state index is 0.0860. The van der Waals surface area contributed by atoms with Crippen LogP contribution in [0.5, 0.6) is 5.75 Å². The summed E-state index contributed by atoms with van der Waals surface area (Å²) < 4.78 is 34.5. The Morgan fingerprint density at radius 2 is 1.66 bits per heavy atom. The Kier molecular flexibility index (Phi) is 11.3. The maximum Gasteiger partial charge on any atom is 0.264 e. The molecule has 0 saturated carbocycles. The van der Waals surface area contributed by atoms with Gasteiger partial charge >= 0.3 is 0 Å². The van der Waals surface area contributed by atoms with E-state index in [0.717, 1.165) is 28.3 Å². The largest absolute Gasteiger partial charge is 0.497 e. The third-order valence-corrected chi connectivity index (χ3v) is 8.75. The van der Waals surface area contributed by atoms with Crippen molar-refractivity contribution in [2.24, 2.45) is 0 Å². The van der Waals surface area contributed by atoms with Crippen LogP contribution in [0.15, 0.2) is 77.7 Å². The zero-order valence-electron chi connectivity index (χ0n) is 24.6. The number of nitrogens with zero attached hydrogens (tertiary/aromatic N) is 2. The van der Waals surface area contributed by atoms with Gasteiger partial charge in [-0.1, -0.05) is 68.3 Å². The fourth-order valence-corrected chi connectivity index (χ4v) is 6.07. The molecule has 0 heterocycles. The van der Waals surface area contributed by atoms with Crippen LogP contribution in [-0.2, 0) is 26.2 Å². The molecule has 0 bridgehead atoms. The molecule has 0 aliphatic rings. The molecule has 1 atom stereocenters. The minimum atomic E-state index is -4.11. The summed E-state index contributed by atoms with van der Waals surface area (Å²) in [7, 11) is -2.55. The van der Waals surface area contributed by atoms with Crippen molar-refractivity contribution in [2.75, 3.05) is 24.5 Å². The lowest BCUT2D eigenvalue weighted by Gasteiger charge is -2.33. The van der Waals surface area contributed by atoms with Gasteiger partial charge in [0.25, 0.3) is 10.0 Å². The van der Waals surface area contributed by atoms with Crippen LogP contribution >= 0.6 is 0 Å². The van der Waals surface area contributed by atoms with E-state index < -0.39 is 28.5 Å². The molecule has 0 unspecified atom stereocenters. The van der Waals surface area contributed by atoms with Crippen LogP contribution in [-0.4, -0.2) is 51.4 Å². The summed E-state index contributed by atoms with van der Waals surface area (Å²) >= 11 is 0. The number of hydrogen-bond donors (Lipinski definition) is 1. The summed E-state index contributed by atoms with van der Waals surface area (Å²) in [6.07, 6.45) is 2.11. The molecule has 1 N–H and O–H groups in total. The number of carbonyl (C=O) groups is 2. The third-order valence-electron chi connectivity index (χ3n) is 6.97. The first kappa shape index (κ1) is 31.7. The SMILES string of the molecule is CCCCNC(=O)[C@H](CC)N(Cc1cccc(OC)c1)C(=O)CN(c1ccccc1C)S(=O)(=O)c1ccc(C)cc1. The molecule has 41 heavy (non-hydrogen) atoms. The molecule has 0 aliphatic carbocycles. The number of unbranched alkanes of at least 4 members (excludes halogenated alkanes) is 1. The zero-order valence-corrected chi connectivity index (χ0v) is 25.4. The van der Waals surface area contributed by atoms with Crippen LogP contribution in [0.25, 0.3) is 0 Å². The molecule has 0 aliphatic heterocycles. The Balaban J connectivity index is 2.05. The highest BCUT2D eigenvalue weighted by atomic mass is 32.2. The Labute approximate surface area is 244 Å². The van der Waals surface area contributed by atoms with Gasteiger partial charge in [-0.25, -0.2) is 8.42 Å². The summed E-state index contributed by atoms with van der Waals surface area (Å²) in [5.41, 5.74) is 2.80. The molecule has 0 fully saturated rings. The van der Waals surface area contributed by atoms with Crippen LogP contribution in [0, 0.1) is 13.8 Å². The highest BCUT2D eigenvalue weighted by molar-refractivity contribution is 7.92. The molecule has 3 aromatic rings. The maximum atomic E-state index is 14.2. The van der Waals surface area contributed by atoms with Crippen LogP contribution in [0.2, 0.25) is 0 Å². The van der Waals surface area contributed by atoms with Crippen LogP contribution in [0.3, 0.4) is 0 Å². The fraction of sp³-hybridized carbons (Fsp3) is 0.375. The standard InChI is InChI=1S/C32H41N3O5S/c1-6-8-20-33-32(37)29(7-2)34(22-26-13-11-14-27(21-26)40-5)31(36)23-35(30-15-10-9-12-25(30)4)41(38,39)28-18-16-24(3)17-19-28/h9-19,21,29H,6-8,20,22-23H2,1-5H3,(H,33,37)/t29-/m0/s1. The monoisotopic (exact) mass is 579 g/mol. The molecule has 8 nitrogen and oxygen atoms in total. The topological polar surface area (TPSA) is 96.0 Å². The number of anilines is 1. The average molecular weight is 580 g/mol. The van der Waals surface area contributed by atoms with Gasteiger partial charge in [0, 0.05) is 13.1 Å². The quantitative estimate of drug-likeness (QED) is 0.264. The number of hydrogen-bond acceptors (Lipinski definition) is 5. The van der Waals surface area contributed by atoms with E-state index in [2.05, 4.69) is 5.32 Å². The van der Waals surface area contributed by atoms with E-state index in [-0.39, 0.29) is 17.3 Å². The molecular formula is C32H41N3O5S. The normalized spacial score (nSPS) is 11.9. The van der Waals surface area contributed by atoms with E-state index in [1.54, 1.807) is 49.6 Å². The van der Waals surface area contributed by atoms with Gasteiger partial charge in [0.2, 0.25) is 11.8 Å². The lowest BCUT2D eigenvalue weighted by Crippen LogP contribution is -2.52.